The molecule has 3 heteroatoms. The summed E-state index contributed by atoms with van der Waals surface area (Å²) in [5, 5.41) is 9.63. The van der Waals surface area contributed by atoms with Crippen molar-refractivity contribution >= 4 is 0 Å². The van der Waals surface area contributed by atoms with Gasteiger partial charge in [-0.1, -0.05) is 0 Å². The Balaban J connectivity index is 2.62. The molecule has 2 rings (SSSR count). The Morgan fingerprint density at radius 3 is 3.33 bits per heavy atom. The Morgan fingerprint density at radius 2 is 2.56 bits per heavy atom. The van der Waals surface area contributed by atoms with Gasteiger partial charge in [0, 0.05) is 10.0 Å². The molecule has 3 atom stereocenters. The molecule has 2 aliphatic rings. The average Bonchev–Trinajstić information content (AvgIpc) is 2.28. The Labute approximate surface area is 64.8 Å². The van der Waals surface area contributed by atoms with E-state index in [1.807, 2.05) is 0 Å². The average molecular weight is 138 g/mol. The van der Waals surface area contributed by atoms with Crippen molar-refractivity contribution in [1.82, 2.24) is 0 Å². The largest absolute Gasteiger partial charge is 0.390 e. The van der Waals surface area contributed by atoms with Crippen LogP contribution in [0.4, 0.5) is 0 Å². The summed E-state index contributed by atoms with van der Waals surface area (Å²) < 4.78 is 68.2. The molecule has 52 valence electrons. The molecule has 0 spiro atoms. The standard InChI is InChI=1S/C6H10O3/c7-5-3-9-6-4(5)1-2-8-6/h4-7H,1-3H2/t4-,5-,6+/m0/s1/i1D2,2D2,3D2,4D,6D. The lowest BCUT2D eigenvalue weighted by Crippen LogP contribution is -2.18. The summed E-state index contributed by atoms with van der Waals surface area (Å²) in [6.45, 7) is -5.89. The predicted octanol–water partition coefficient (Wildman–Crippen LogP) is -0.260. The maximum absolute atomic E-state index is 9.63. The van der Waals surface area contributed by atoms with Gasteiger partial charge >= 0.3 is 0 Å². The van der Waals surface area contributed by atoms with E-state index in [1.54, 1.807) is 0 Å². The first-order chi connectivity index (χ1) is 7.32. The summed E-state index contributed by atoms with van der Waals surface area (Å²) in [6, 6.07) is 0. The fourth-order valence-electron chi connectivity index (χ4n) is 0.657. The zero-order valence-electron chi connectivity index (χ0n) is 12.3. The zero-order valence-corrected chi connectivity index (χ0v) is 4.34. The van der Waals surface area contributed by atoms with Gasteiger partial charge in [0.25, 0.3) is 0 Å². The molecule has 0 bridgehead atoms. The molecule has 1 N–H and O–H groups in total. The lowest BCUT2D eigenvalue weighted by atomic mass is 10.0. The fraction of sp³-hybridized carbons (Fsp3) is 1.00. The number of hydrogen-bond donors (Lipinski definition) is 1. The first kappa shape index (κ1) is 1.72. The molecule has 0 aliphatic carbocycles. The molecule has 0 aromatic rings. The molecular weight excluding hydrogens is 120 g/mol. The van der Waals surface area contributed by atoms with Gasteiger partial charge < -0.3 is 14.6 Å². The number of ether oxygens (including phenoxy) is 2. The molecule has 2 heterocycles. The van der Waals surface area contributed by atoms with Gasteiger partial charge in [-0.2, -0.15) is 0 Å². The van der Waals surface area contributed by atoms with E-state index in [0.717, 1.165) is 0 Å². The maximum atomic E-state index is 9.63. The van der Waals surface area contributed by atoms with Crippen molar-refractivity contribution in [2.24, 2.45) is 5.89 Å². The minimum absolute atomic E-state index is 2.35. The van der Waals surface area contributed by atoms with Crippen molar-refractivity contribution in [3.63, 3.8) is 0 Å². The van der Waals surface area contributed by atoms with Crippen molar-refractivity contribution in [2.45, 2.75) is 18.7 Å². The molecular formula is C6H10O3. The van der Waals surface area contributed by atoms with Gasteiger partial charge in [-0.15, -0.1) is 0 Å². The summed E-state index contributed by atoms with van der Waals surface area (Å²) in [7, 11) is 0. The highest BCUT2D eigenvalue weighted by Gasteiger charge is 2.40. The Hall–Kier alpha value is -0.120. The molecule has 2 aliphatic heterocycles. The van der Waals surface area contributed by atoms with Gasteiger partial charge in [0.2, 0.25) is 0 Å². The van der Waals surface area contributed by atoms with E-state index < -0.39 is 37.8 Å². The normalized spacial score (nSPS) is 95.9. The van der Waals surface area contributed by atoms with E-state index in [-0.39, 0.29) is 0 Å². The van der Waals surface area contributed by atoms with Gasteiger partial charge in [-0.3, -0.25) is 0 Å². The molecule has 0 radical (unpaired) electrons. The van der Waals surface area contributed by atoms with E-state index in [4.69, 9.17) is 11.0 Å². The first-order valence-corrected chi connectivity index (χ1v) is 2.40. The SMILES string of the molecule is [2H]C1([2H])O[C@@]2([2H])OC([2H])([2H])C([2H])([2H])[C@@]2([2H])[C@H]1O. The smallest absolute Gasteiger partial charge is 0.163 e. The number of fused-ring (bicyclic) bond motifs is 1. The van der Waals surface area contributed by atoms with Crippen molar-refractivity contribution in [3.8, 4) is 0 Å². The third kappa shape index (κ3) is 0.764. The first-order valence-electron chi connectivity index (χ1n) is 6.40. The van der Waals surface area contributed by atoms with E-state index >= 15 is 0 Å². The van der Waals surface area contributed by atoms with Gasteiger partial charge in [-0.05, 0) is 6.37 Å². The van der Waals surface area contributed by atoms with Crippen molar-refractivity contribution in [3.05, 3.63) is 0 Å². The van der Waals surface area contributed by atoms with Crippen molar-refractivity contribution < 1.29 is 25.5 Å². The van der Waals surface area contributed by atoms with E-state index in [9.17, 15) is 5.11 Å². The maximum Gasteiger partial charge on any atom is 0.163 e. The zero-order chi connectivity index (χ0) is 13.5. The van der Waals surface area contributed by atoms with Crippen LogP contribution in [0.15, 0.2) is 0 Å². The minimum atomic E-state index is -3.11. The summed E-state index contributed by atoms with van der Waals surface area (Å²) in [5.41, 5.74) is 0. The Bertz CT molecular complexity index is 372. The summed E-state index contributed by atoms with van der Waals surface area (Å²) in [4.78, 5) is 0. The summed E-state index contributed by atoms with van der Waals surface area (Å²) in [5.74, 6) is -2.92. The van der Waals surface area contributed by atoms with Crippen LogP contribution in [0.3, 0.4) is 0 Å². The highest BCUT2D eigenvalue weighted by molar-refractivity contribution is 4.81. The van der Waals surface area contributed by atoms with Gasteiger partial charge in [0.05, 0.1) is 26.1 Å². The molecule has 0 aromatic heterocycles. The van der Waals surface area contributed by atoms with Crippen LogP contribution >= 0.6 is 0 Å². The van der Waals surface area contributed by atoms with Crippen LogP contribution < -0.4 is 0 Å². The minimum Gasteiger partial charge on any atom is -0.390 e. The molecule has 2 saturated heterocycles. The number of hydrogen-bond acceptors (Lipinski definition) is 3. The van der Waals surface area contributed by atoms with Gasteiger partial charge in [-0.25, -0.2) is 0 Å². The quantitative estimate of drug-likeness (QED) is 0.501. The van der Waals surface area contributed by atoms with Crippen LogP contribution in [0.25, 0.3) is 0 Å². The topological polar surface area (TPSA) is 38.7 Å². The van der Waals surface area contributed by atoms with Crippen LogP contribution in [0.5, 0.6) is 0 Å². The Kier molecular flexibility index (Phi) is 0.371. The molecule has 2 fully saturated rings. The molecule has 0 aromatic carbocycles. The second kappa shape index (κ2) is 1.94. The van der Waals surface area contributed by atoms with E-state index in [1.165, 1.54) is 0 Å². The highest BCUT2D eigenvalue weighted by Crippen LogP contribution is 2.30. The monoisotopic (exact) mass is 138 g/mol. The molecule has 0 saturated carbocycles. The highest BCUT2D eigenvalue weighted by atomic mass is 16.7. The number of aliphatic hydroxyl groups excluding tert-OH is 1. The third-order valence-electron chi connectivity index (χ3n) is 1.09. The van der Waals surface area contributed by atoms with E-state index in [0.29, 0.717) is 0 Å². The predicted molar refractivity (Wildman–Crippen MR) is 29.8 cm³/mol. The number of rotatable bonds is 0. The lowest BCUT2D eigenvalue weighted by molar-refractivity contribution is -0.0907. The van der Waals surface area contributed by atoms with Crippen LogP contribution in [-0.4, -0.2) is 30.6 Å². The number of aliphatic hydroxyl groups is 1. The Morgan fingerprint density at radius 1 is 1.67 bits per heavy atom. The van der Waals surface area contributed by atoms with Crippen molar-refractivity contribution in [2.75, 3.05) is 13.1 Å². The van der Waals surface area contributed by atoms with Crippen LogP contribution in [0.1, 0.15) is 17.3 Å². The molecule has 0 unspecified atom stereocenters. The molecule has 3 nitrogen and oxygen atoms in total. The fourth-order valence-corrected chi connectivity index (χ4v) is 0.657. The second-order valence-corrected chi connectivity index (χ2v) is 1.65. The van der Waals surface area contributed by atoms with Crippen LogP contribution in [0.2, 0.25) is 0 Å². The van der Waals surface area contributed by atoms with Gasteiger partial charge in [0.15, 0.2) is 6.27 Å². The summed E-state index contributed by atoms with van der Waals surface area (Å²) >= 11 is 0. The van der Waals surface area contributed by atoms with Gasteiger partial charge in [0.1, 0.15) is 0 Å². The van der Waals surface area contributed by atoms with Crippen LogP contribution in [0, 0.1) is 5.89 Å². The van der Waals surface area contributed by atoms with Crippen LogP contribution in [-0.2, 0) is 9.47 Å². The lowest BCUT2D eigenvalue weighted by Gasteiger charge is -2.06. The molecule has 0 amide bonds. The molecule has 9 heavy (non-hydrogen) atoms. The second-order valence-electron chi connectivity index (χ2n) is 1.65. The third-order valence-corrected chi connectivity index (χ3v) is 1.09. The summed E-state index contributed by atoms with van der Waals surface area (Å²) in [6.07, 6.45) is -8.39. The van der Waals surface area contributed by atoms with E-state index in [2.05, 4.69) is 9.47 Å². The van der Waals surface area contributed by atoms with Crippen molar-refractivity contribution in [1.29, 1.82) is 0 Å².